The third kappa shape index (κ3) is 2.23. The molecule has 2 aromatic carbocycles. The van der Waals surface area contributed by atoms with Gasteiger partial charge in [-0.25, -0.2) is 0 Å². The van der Waals surface area contributed by atoms with Gasteiger partial charge in [0.2, 0.25) is 0 Å². The van der Waals surface area contributed by atoms with Crippen LogP contribution < -0.4 is 0 Å². The van der Waals surface area contributed by atoms with Crippen molar-refractivity contribution in [2.45, 2.75) is 19.4 Å². The largest absolute Gasteiger partial charge is 0.303 e. The predicted molar refractivity (Wildman–Crippen MR) is 86.2 cm³/mol. The molecule has 20 heavy (non-hydrogen) atoms. The first-order valence-electron chi connectivity index (χ1n) is 7.40. The number of piperazine rings is 1. The van der Waals surface area contributed by atoms with Gasteiger partial charge in [-0.3, -0.25) is 4.90 Å². The summed E-state index contributed by atoms with van der Waals surface area (Å²) in [6.45, 7) is 7.87. The molecular formula is C18H24N2. The summed E-state index contributed by atoms with van der Waals surface area (Å²) in [5.41, 5.74) is 2.85. The van der Waals surface area contributed by atoms with Crippen LogP contribution in [0.3, 0.4) is 0 Å². The summed E-state index contributed by atoms with van der Waals surface area (Å²) in [6.07, 6.45) is 0. The third-order valence-electron chi connectivity index (χ3n) is 4.86. The average molecular weight is 268 g/mol. The number of fused-ring (bicyclic) bond motifs is 1. The minimum atomic E-state index is 0.103. The molecule has 1 aliphatic heterocycles. The summed E-state index contributed by atoms with van der Waals surface area (Å²) in [6, 6.07) is 13.6. The van der Waals surface area contributed by atoms with Gasteiger partial charge in [-0.05, 0) is 50.3 Å². The van der Waals surface area contributed by atoms with Gasteiger partial charge in [0.25, 0.3) is 0 Å². The Balaban J connectivity index is 2.06. The first kappa shape index (κ1) is 13.6. The molecule has 3 rings (SSSR count). The molecule has 0 bridgehead atoms. The van der Waals surface area contributed by atoms with Crippen LogP contribution in [0.15, 0.2) is 36.4 Å². The fourth-order valence-corrected chi connectivity index (χ4v) is 3.30. The first-order valence-corrected chi connectivity index (χ1v) is 7.40. The molecule has 0 radical (unpaired) electrons. The fraction of sp³-hybridized carbons (Fsp3) is 0.444. The molecule has 106 valence electrons. The van der Waals surface area contributed by atoms with Crippen molar-refractivity contribution in [1.82, 2.24) is 9.80 Å². The molecule has 0 saturated carbocycles. The molecule has 1 saturated heterocycles. The highest BCUT2D eigenvalue weighted by Gasteiger charge is 2.35. The number of nitrogens with zero attached hydrogens (tertiary/aromatic N) is 2. The van der Waals surface area contributed by atoms with E-state index in [0.29, 0.717) is 0 Å². The summed E-state index contributed by atoms with van der Waals surface area (Å²) >= 11 is 0. The molecule has 1 atom stereocenters. The lowest BCUT2D eigenvalue weighted by molar-refractivity contribution is 0.0381. The Morgan fingerprint density at radius 3 is 2.45 bits per heavy atom. The average Bonchev–Trinajstić information content (AvgIpc) is 2.42. The topological polar surface area (TPSA) is 6.48 Å². The fourth-order valence-electron chi connectivity index (χ4n) is 3.30. The van der Waals surface area contributed by atoms with E-state index in [0.717, 1.165) is 19.6 Å². The van der Waals surface area contributed by atoms with Crippen molar-refractivity contribution in [2.75, 3.05) is 33.7 Å². The van der Waals surface area contributed by atoms with Crippen LogP contribution in [0.25, 0.3) is 10.8 Å². The van der Waals surface area contributed by atoms with E-state index in [1.807, 2.05) is 0 Å². The molecule has 0 aromatic heterocycles. The minimum absolute atomic E-state index is 0.103. The summed E-state index contributed by atoms with van der Waals surface area (Å²) in [5, 5.41) is 2.68. The maximum absolute atomic E-state index is 2.49. The Labute approximate surface area is 122 Å². The number of hydrogen-bond donors (Lipinski definition) is 0. The highest BCUT2D eigenvalue weighted by atomic mass is 15.3. The van der Waals surface area contributed by atoms with E-state index in [1.54, 1.807) is 0 Å². The second-order valence-electron chi connectivity index (χ2n) is 6.50. The van der Waals surface area contributed by atoms with Crippen molar-refractivity contribution in [2.24, 2.45) is 0 Å². The Hall–Kier alpha value is -1.38. The molecule has 1 fully saturated rings. The van der Waals surface area contributed by atoms with E-state index in [4.69, 9.17) is 0 Å². The SMILES string of the molecule is Cc1ccc2cc(C3(C)CN(C)CCN3C)ccc2c1. The van der Waals surface area contributed by atoms with E-state index < -0.39 is 0 Å². The highest BCUT2D eigenvalue weighted by Crippen LogP contribution is 2.32. The van der Waals surface area contributed by atoms with Crippen LogP contribution in [0.4, 0.5) is 0 Å². The molecule has 2 nitrogen and oxygen atoms in total. The van der Waals surface area contributed by atoms with E-state index in [2.05, 4.69) is 74.1 Å². The Kier molecular flexibility index (Phi) is 3.31. The molecule has 1 heterocycles. The zero-order valence-corrected chi connectivity index (χ0v) is 13.0. The second-order valence-corrected chi connectivity index (χ2v) is 6.50. The van der Waals surface area contributed by atoms with Crippen molar-refractivity contribution in [1.29, 1.82) is 0 Å². The summed E-state index contributed by atoms with van der Waals surface area (Å²) in [5.74, 6) is 0. The van der Waals surface area contributed by atoms with Crippen LogP contribution in [-0.4, -0.2) is 43.5 Å². The van der Waals surface area contributed by atoms with Crippen LogP contribution >= 0.6 is 0 Å². The van der Waals surface area contributed by atoms with Crippen molar-refractivity contribution >= 4 is 10.8 Å². The molecule has 0 spiro atoms. The highest BCUT2D eigenvalue weighted by molar-refractivity contribution is 5.84. The quantitative estimate of drug-likeness (QED) is 0.783. The van der Waals surface area contributed by atoms with E-state index in [-0.39, 0.29) is 5.54 Å². The summed E-state index contributed by atoms with van der Waals surface area (Å²) < 4.78 is 0. The van der Waals surface area contributed by atoms with Crippen molar-refractivity contribution in [3.63, 3.8) is 0 Å². The molecule has 2 heteroatoms. The third-order valence-corrected chi connectivity index (χ3v) is 4.86. The predicted octanol–water partition coefficient (Wildman–Crippen LogP) is 3.24. The number of hydrogen-bond acceptors (Lipinski definition) is 2. The summed E-state index contributed by atoms with van der Waals surface area (Å²) in [7, 11) is 4.46. The van der Waals surface area contributed by atoms with Crippen molar-refractivity contribution in [3.8, 4) is 0 Å². The van der Waals surface area contributed by atoms with E-state index in [1.165, 1.54) is 21.9 Å². The van der Waals surface area contributed by atoms with Gasteiger partial charge in [-0.15, -0.1) is 0 Å². The van der Waals surface area contributed by atoms with Crippen LogP contribution in [0.2, 0.25) is 0 Å². The van der Waals surface area contributed by atoms with E-state index in [9.17, 15) is 0 Å². The summed E-state index contributed by atoms with van der Waals surface area (Å²) in [4.78, 5) is 4.92. The minimum Gasteiger partial charge on any atom is -0.303 e. The lowest BCUT2D eigenvalue weighted by Crippen LogP contribution is -2.56. The van der Waals surface area contributed by atoms with E-state index >= 15 is 0 Å². The van der Waals surface area contributed by atoms with Crippen molar-refractivity contribution < 1.29 is 0 Å². The van der Waals surface area contributed by atoms with Crippen LogP contribution in [0.1, 0.15) is 18.1 Å². The normalized spacial score (nSPS) is 25.2. The molecule has 0 aliphatic carbocycles. The number of aryl methyl sites for hydroxylation is 1. The van der Waals surface area contributed by atoms with Crippen molar-refractivity contribution in [3.05, 3.63) is 47.5 Å². The monoisotopic (exact) mass is 268 g/mol. The van der Waals surface area contributed by atoms with Gasteiger partial charge >= 0.3 is 0 Å². The molecule has 2 aromatic rings. The number of rotatable bonds is 1. The van der Waals surface area contributed by atoms with Crippen LogP contribution in [0, 0.1) is 6.92 Å². The zero-order valence-electron chi connectivity index (χ0n) is 13.0. The maximum atomic E-state index is 2.49. The molecule has 0 amide bonds. The van der Waals surface area contributed by atoms with Gasteiger partial charge in [0.15, 0.2) is 0 Å². The zero-order chi connectivity index (χ0) is 14.3. The Morgan fingerprint density at radius 2 is 1.65 bits per heavy atom. The molecule has 1 aliphatic rings. The van der Waals surface area contributed by atoms with Gasteiger partial charge in [0.1, 0.15) is 0 Å². The van der Waals surface area contributed by atoms with Gasteiger partial charge in [-0.2, -0.15) is 0 Å². The maximum Gasteiger partial charge on any atom is 0.0557 e. The lowest BCUT2D eigenvalue weighted by Gasteiger charge is -2.47. The lowest BCUT2D eigenvalue weighted by atomic mass is 9.86. The standard InChI is InChI=1S/C18H24N2/c1-14-5-6-16-12-17(8-7-15(16)11-14)18(2)13-19(3)9-10-20(18)4/h5-8,11-12H,9-10,13H2,1-4H3. The van der Waals surface area contributed by atoms with Gasteiger partial charge in [0.05, 0.1) is 5.54 Å². The Bertz CT molecular complexity index is 634. The second kappa shape index (κ2) is 4.87. The number of benzene rings is 2. The van der Waals surface area contributed by atoms with Crippen LogP contribution in [-0.2, 0) is 5.54 Å². The van der Waals surface area contributed by atoms with Gasteiger partial charge < -0.3 is 4.90 Å². The number of likely N-dealkylation sites (N-methyl/N-ethyl adjacent to an activating group) is 2. The smallest absolute Gasteiger partial charge is 0.0557 e. The Morgan fingerprint density at radius 1 is 0.950 bits per heavy atom. The first-order chi connectivity index (χ1) is 9.49. The molecule has 0 N–H and O–H groups in total. The van der Waals surface area contributed by atoms with Crippen LogP contribution in [0.5, 0.6) is 0 Å². The van der Waals surface area contributed by atoms with Gasteiger partial charge in [0, 0.05) is 19.6 Å². The van der Waals surface area contributed by atoms with Gasteiger partial charge in [-0.1, -0.05) is 35.9 Å². The molecular weight excluding hydrogens is 244 g/mol. The molecule has 1 unspecified atom stereocenters.